The molecule has 0 aliphatic heterocycles. The van der Waals surface area contributed by atoms with Crippen LogP contribution in [0.3, 0.4) is 0 Å². The fraction of sp³-hybridized carbons (Fsp3) is 0.214. The van der Waals surface area contributed by atoms with Crippen LogP contribution in [-0.2, 0) is 11.2 Å². The molecule has 0 bridgehead atoms. The number of hydrogen-bond acceptors (Lipinski definition) is 4. The molecule has 3 aromatic carbocycles. The molecule has 0 radical (unpaired) electrons. The average Bonchev–Trinajstić information content (AvgIpc) is 3.28. The van der Waals surface area contributed by atoms with Gasteiger partial charge in [0.25, 0.3) is 0 Å². The summed E-state index contributed by atoms with van der Waals surface area (Å²) in [5.41, 5.74) is 4.49. The minimum Gasteiger partial charge on any atom is -0.296 e. The number of para-hydroxylation sites is 1. The van der Waals surface area contributed by atoms with Crippen molar-refractivity contribution in [1.29, 1.82) is 0 Å². The van der Waals surface area contributed by atoms with E-state index < -0.39 is 0 Å². The quantitative estimate of drug-likeness (QED) is 0.350. The van der Waals surface area contributed by atoms with Crippen LogP contribution in [-0.4, -0.2) is 35.9 Å². The van der Waals surface area contributed by atoms with Gasteiger partial charge in [0.1, 0.15) is 6.54 Å². The number of carbonyl (C=O) groups excluding carboxylic acids is 1. The molecule has 4 aromatic rings. The second kappa shape index (κ2) is 10.6. The zero-order chi connectivity index (χ0) is 23.2. The van der Waals surface area contributed by atoms with Crippen LogP contribution in [0.5, 0.6) is 0 Å². The van der Waals surface area contributed by atoms with Crippen molar-refractivity contribution in [2.24, 2.45) is 4.99 Å². The number of nitrogens with zero attached hydrogens (tertiary/aromatic N) is 3. The van der Waals surface area contributed by atoms with Gasteiger partial charge >= 0.3 is 0 Å². The molecule has 168 valence electrons. The number of aryl methyl sites for hydroxylation is 1. The van der Waals surface area contributed by atoms with E-state index in [0.29, 0.717) is 0 Å². The topological polar surface area (TPSA) is 37.6 Å². The number of thiazole rings is 1. The molecular weight excluding hydrogens is 426 g/mol. The number of carbonyl (C=O) groups is 1. The van der Waals surface area contributed by atoms with Gasteiger partial charge in [0, 0.05) is 11.9 Å². The number of hydrogen-bond donors (Lipinski definition) is 0. The van der Waals surface area contributed by atoms with Gasteiger partial charge in [0.2, 0.25) is 0 Å². The van der Waals surface area contributed by atoms with Gasteiger partial charge in [-0.05, 0) is 49.3 Å². The van der Waals surface area contributed by atoms with E-state index in [1.807, 2.05) is 67.5 Å². The van der Waals surface area contributed by atoms with Crippen LogP contribution in [0.4, 0.5) is 0 Å². The van der Waals surface area contributed by atoms with Gasteiger partial charge in [-0.15, -0.1) is 0 Å². The van der Waals surface area contributed by atoms with Crippen LogP contribution in [0.1, 0.15) is 24.1 Å². The molecule has 0 unspecified atom stereocenters. The molecule has 0 N–H and O–H groups in total. The molecule has 1 aromatic heterocycles. The lowest BCUT2D eigenvalue weighted by atomic mass is 10.0. The lowest BCUT2D eigenvalue weighted by Gasteiger charge is -2.22. The number of aromatic nitrogens is 1. The summed E-state index contributed by atoms with van der Waals surface area (Å²) in [7, 11) is 3.87. The SMILES string of the molecule is CCc1ccc(-c2cn(-c3ccccc3)c(=NCC(=O)[C@H](c3ccccc3)N(C)C)s2)cc1. The summed E-state index contributed by atoms with van der Waals surface area (Å²) < 4.78 is 2.08. The molecule has 5 heteroatoms. The van der Waals surface area contributed by atoms with Gasteiger partial charge in [-0.1, -0.05) is 91.1 Å². The first-order chi connectivity index (χ1) is 16.1. The van der Waals surface area contributed by atoms with E-state index in [1.165, 1.54) is 5.56 Å². The molecule has 1 heterocycles. The van der Waals surface area contributed by atoms with Gasteiger partial charge in [-0.25, -0.2) is 0 Å². The highest BCUT2D eigenvalue weighted by Crippen LogP contribution is 2.24. The van der Waals surface area contributed by atoms with E-state index >= 15 is 0 Å². The highest BCUT2D eigenvalue weighted by molar-refractivity contribution is 7.12. The molecule has 0 aliphatic carbocycles. The molecule has 0 amide bonds. The lowest BCUT2D eigenvalue weighted by Crippen LogP contribution is -2.30. The van der Waals surface area contributed by atoms with Crippen molar-refractivity contribution >= 4 is 17.1 Å². The normalized spacial score (nSPS) is 12.8. The summed E-state index contributed by atoms with van der Waals surface area (Å²) in [5, 5.41) is 0. The van der Waals surface area contributed by atoms with Crippen LogP contribution in [0, 0.1) is 0 Å². The molecule has 0 saturated carbocycles. The van der Waals surface area contributed by atoms with E-state index in [-0.39, 0.29) is 18.4 Å². The van der Waals surface area contributed by atoms with E-state index in [4.69, 9.17) is 4.99 Å². The third-order valence-electron chi connectivity index (χ3n) is 5.64. The van der Waals surface area contributed by atoms with Crippen LogP contribution >= 0.6 is 11.3 Å². The Morgan fingerprint density at radius 2 is 1.58 bits per heavy atom. The van der Waals surface area contributed by atoms with Crippen LogP contribution in [0.25, 0.3) is 16.1 Å². The molecule has 0 saturated heterocycles. The van der Waals surface area contributed by atoms with Gasteiger partial charge < -0.3 is 0 Å². The Morgan fingerprint density at radius 3 is 2.18 bits per heavy atom. The van der Waals surface area contributed by atoms with Crippen molar-refractivity contribution in [1.82, 2.24) is 9.47 Å². The Balaban J connectivity index is 1.70. The predicted molar refractivity (Wildman–Crippen MR) is 137 cm³/mol. The number of rotatable bonds is 8. The third-order valence-corrected chi connectivity index (χ3v) is 6.71. The zero-order valence-corrected chi connectivity index (χ0v) is 20.1. The maximum Gasteiger partial charge on any atom is 0.190 e. The van der Waals surface area contributed by atoms with Crippen molar-refractivity contribution < 1.29 is 4.79 Å². The molecule has 4 rings (SSSR count). The van der Waals surface area contributed by atoms with E-state index in [9.17, 15) is 4.79 Å². The Morgan fingerprint density at radius 1 is 0.939 bits per heavy atom. The first-order valence-electron chi connectivity index (χ1n) is 11.2. The molecule has 0 fully saturated rings. The average molecular weight is 456 g/mol. The fourth-order valence-electron chi connectivity index (χ4n) is 3.91. The smallest absolute Gasteiger partial charge is 0.190 e. The van der Waals surface area contributed by atoms with Crippen LogP contribution in [0.15, 0.2) is 96.1 Å². The molecule has 1 atom stereocenters. The monoisotopic (exact) mass is 455 g/mol. The Bertz CT molecular complexity index is 1260. The largest absolute Gasteiger partial charge is 0.296 e. The van der Waals surface area contributed by atoms with Gasteiger partial charge in [-0.3, -0.25) is 19.3 Å². The fourth-order valence-corrected chi connectivity index (χ4v) is 4.90. The number of ketones is 1. The first-order valence-corrected chi connectivity index (χ1v) is 12.0. The summed E-state index contributed by atoms with van der Waals surface area (Å²) in [6, 6.07) is 28.4. The summed E-state index contributed by atoms with van der Waals surface area (Å²) in [5.74, 6) is 0.0769. The Labute approximate surface area is 199 Å². The molecular formula is C28H29N3OS. The second-order valence-corrected chi connectivity index (χ2v) is 9.20. The van der Waals surface area contributed by atoms with Crippen molar-refractivity contribution in [3.63, 3.8) is 0 Å². The summed E-state index contributed by atoms with van der Waals surface area (Å²) >= 11 is 1.61. The summed E-state index contributed by atoms with van der Waals surface area (Å²) in [6.45, 7) is 2.28. The minimum atomic E-state index is -0.318. The highest BCUT2D eigenvalue weighted by atomic mass is 32.1. The van der Waals surface area contributed by atoms with Crippen molar-refractivity contribution in [2.45, 2.75) is 19.4 Å². The number of benzene rings is 3. The molecule has 0 aliphatic rings. The van der Waals surface area contributed by atoms with Crippen LogP contribution < -0.4 is 4.80 Å². The maximum atomic E-state index is 13.2. The maximum absolute atomic E-state index is 13.2. The van der Waals surface area contributed by atoms with Gasteiger partial charge in [0.15, 0.2) is 10.6 Å². The minimum absolute atomic E-state index is 0.0769. The van der Waals surface area contributed by atoms with Crippen molar-refractivity contribution in [2.75, 3.05) is 20.6 Å². The second-order valence-electron chi connectivity index (χ2n) is 8.19. The van der Waals surface area contributed by atoms with E-state index in [1.54, 1.807) is 11.3 Å². The molecule has 33 heavy (non-hydrogen) atoms. The van der Waals surface area contributed by atoms with Gasteiger partial charge in [0.05, 0.1) is 10.9 Å². The Kier molecular flexibility index (Phi) is 7.33. The Hall–Kier alpha value is -3.28. The van der Waals surface area contributed by atoms with E-state index in [0.717, 1.165) is 32.9 Å². The molecule has 0 spiro atoms. The standard InChI is InChI=1S/C28H29N3OS/c1-4-21-15-17-22(18-16-21)26-20-31(24-13-9-6-10-14-24)28(33-26)29-19-25(32)27(30(2)3)23-11-7-5-8-12-23/h5-18,20,27H,4,19H2,1-3H3/t27-/m0/s1. The lowest BCUT2D eigenvalue weighted by molar-refractivity contribution is -0.122. The third kappa shape index (κ3) is 5.38. The van der Waals surface area contributed by atoms with Gasteiger partial charge in [-0.2, -0.15) is 0 Å². The first kappa shape index (κ1) is 22.9. The number of Topliss-reactive ketones (excluding diaryl/α,β-unsaturated/α-hetero) is 1. The zero-order valence-electron chi connectivity index (χ0n) is 19.3. The summed E-state index contributed by atoms with van der Waals surface area (Å²) in [6.07, 6.45) is 3.14. The van der Waals surface area contributed by atoms with Crippen molar-refractivity contribution in [3.8, 4) is 16.1 Å². The van der Waals surface area contributed by atoms with Crippen LogP contribution in [0.2, 0.25) is 0 Å². The van der Waals surface area contributed by atoms with Crippen molar-refractivity contribution in [3.05, 3.63) is 107 Å². The van der Waals surface area contributed by atoms with E-state index in [2.05, 4.69) is 54.1 Å². The molecule has 4 nitrogen and oxygen atoms in total. The predicted octanol–water partition coefficient (Wildman–Crippen LogP) is 5.54. The summed E-state index contributed by atoms with van der Waals surface area (Å²) in [4.78, 5) is 21.9. The number of likely N-dealkylation sites (N-methyl/N-ethyl adjacent to an activating group) is 1. The highest BCUT2D eigenvalue weighted by Gasteiger charge is 2.22.